The van der Waals surface area contributed by atoms with Crippen molar-refractivity contribution in [2.24, 2.45) is 4.99 Å². The van der Waals surface area contributed by atoms with E-state index in [0.717, 1.165) is 47.9 Å². The maximum Gasteiger partial charge on any atom is 0.132 e. The van der Waals surface area contributed by atoms with E-state index in [1.54, 1.807) is 0 Å². The molecule has 0 spiro atoms. The molecule has 134 valence electrons. The average molecular weight is 374 g/mol. The summed E-state index contributed by atoms with van der Waals surface area (Å²) in [6.45, 7) is 1.87. The Labute approximate surface area is 164 Å². The second-order valence-electron chi connectivity index (χ2n) is 6.69. The minimum absolute atomic E-state index is 0.355. The van der Waals surface area contributed by atoms with Gasteiger partial charge < -0.3 is 4.90 Å². The van der Waals surface area contributed by atoms with E-state index in [1.807, 2.05) is 17.0 Å². The highest BCUT2D eigenvalue weighted by Gasteiger charge is 2.21. The molecule has 27 heavy (non-hydrogen) atoms. The zero-order valence-electron chi connectivity index (χ0n) is 15.0. The fourth-order valence-electron chi connectivity index (χ4n) is 3.77. The Morgan fingerprint density at radius 3 is 2.70 bits per heavy atom. The molecule has 0 atom stereocenters. The topological polar surface area (TPSA) is 39.4 Å². The van der Waals surface area contributed by atoms with Crippen molar-refractivity contribution < 1.29 is 0 Å². The molecular formula is C23H20ClN3. The Balaban J connectivity index is 1.66. The van der Waals surface area contributed by atoms with Gasteiger partial charge in [0.15, 0.2) is 0 Å². The molecule has 3 aromatic carbocycles. The molecule has 0 N–H and O–H groups in total. The molecule has 0 fully saturated rings. The van der Waals surface area contributed by atoms with Crippen molar-refractivity contribution in [3.05, 3.63) is 82.4 Å². The molecule has 4 heteroatoms. The molecule has 0 saturated carbocycles. The van der Waals surface area contributed by atoms with E-state index in [4.69, 9.17) is 16.9 Å². The SMILES string of the molecule is N#CCN1CCN=C1c1cccc(Cl)c1CCc1cccc2ccccc12. The van der Waals surface area contributed by atoms with Crippen LogP contribution in [0.1, 0.15) is 16.7 Å². The Bertz CT molecular complexity index is 1040. The molecule has 0 saturated heterocycles. The molecule has 0 unspecified atom stereocenters. The van der Waals surface area contributed by atoms with Gasteiger partial charge in [0.2, 0.25) is 0 Å². The Morgan fingerprint density at radius 2 is 1.81 bits per heavy atom. The molecule has 0 amide bonds. The van der Waals surface area contributed by atoms with Gasteiger partial charge in [0, 0.05) is 17.1 Å². The largest absolute Gasteiger partial charge is 0.341 e. The van der Waals surface area contributed by atoms with E-state index in [-0.39, 0.29) is 0 Å². The summed E-state index contributed by atoms with van der Waals surface area (Å²) in [5.41, 5.74) is 3.48. The van der Waals surface area contributed by atoms with Crippen LogP contribution in [0.3, 0.4) is 0 Å². The smallest absolute Gasteiger partial charge is 0.132 e. The lowest BCUT2D eigenvalue weighted by Gasteiger charge is -2.20. The van der Waals surface area contributed by atoms with Crippen LogP contribution in [0.15, 0.2) is 65.7 Å². The fraction of sp³-hybridized carbons (Fsp3) is 0.217. The van der Waals surface area contributed by atoms with Crippen LogP contribution in [-0.2, 0) is 12.8 Å². The van der Waals surface area contributed by atoms with Crippen LogP contribution in [0, 0.1) is 11.3 Å². The zero-order chi connectivity index (χ0) is 18.6. The molecule has 0 bridgehead atoms. The van der Waals surface area contributed by atoms with Gasteiger partial charge in [-0.3, -0.25) is 4.99 Å². The molecule has 3 nitrogen and oxygen atoms in total. The van der Waals surface area contributed by atoms with Crippen molar-refractivity contribution >= 4 is 28.2 Å². The predicted molar refractivity (Wildman–Crippen MR) is 111 cm³/mol. The summed E-state index contributed by atoms with van der Waals surface area (Å²) < 4.78 is 0. The van der Waals surface area contributed by atoms with E-state index in [1.165, 1.54) is 16.3 Å². The van der Waals surface area contributed by atoms with Crippen molar-refractivity contribution in [1.29, 1.82) is 5.26 Å². The molecule has 1 aliphatic rings. The maximum absolute atomic E-state index is 9.10. The van der Waals surface area contributed by atoms with Crippen molar-refractivity contribution in [2.75, 3.05) is 19.6 Å². The first-order valence-electron chi connectivity index (χ1n) is 9.18. The lowest BCUT2D eigenvalue weighted by Crippen LogP contribution is -2.29. The number of halogens is 1. The molecule has 0 aliphatic carbocycles. The van der Waals surface area contributed by atoms with Crippen LogP contribution in [0.25, 0.3) is 10.8 Å². The number of nitrogens with zero attached hydrogens (tertiary/aromatic N) is 3. The third kappa shape index (κ3) is 3.54. The molecular weight excluding hydrogens is 354 g/mol. The maximum atomic E-state index is 9.10. The minimum Gasteiger partial charge on any atom is -0.341 e. The Hall–Kier alpha value is -2.83. The van der Waals surface area contributed by atoms with E-state index in [2.05, 4.69) is 59.6 Å². The number of nitriles is 1. The highest BCUT2D eigenvalue weighted by Crippen LogP contribution is 2.27. The monoisotopic (exact) mass is 373 g/mol. The van der Waals surface area contributed by atoms with Crippen molar-refractivity contribution in [3.8, 4) is 6.07 Å². The molecule has 3 aromatic rings. The highest BCUT2D eigenvalue weighted by molar-refractivity contribution is 6.32. The van der Waals surface area contributed by atoms with Gasteiger partial charge in [0.1, 0.15) is 12.4 Å². The van der Waals surface area contributed by atoms with Crippen LogP contribution in [0.5, 0.6) is 0 Å². The first kappa shape index (κ1) is 17.6. The number of hydrogen-bond acceptors (Lipinski definition) is 3. The van der Waals surface area contributed by atoms with Crippen LogP contribution in [0.4, 0.5) is 0 Å². The molecule has 1 heterocycles. The van der Waals surface area contributed by atoms with Crippen molar-refractivity contribution in [2.45, 2.75) is 12.8 Å². The van der Waals surface area contributed by atoms with Gasteiger partial charge in [0.05, 0.1) is 12.6 Å². The van der Waals surface area contributed by atoms with E-state index in [0.29, 0.717) is 6.54 Å². The van der Waals surface area contributed by atoms with Crippen LogP contribution >= 0.6 is 11.6 Å². The van der Waals surface area contributed by atoms with E-state index in [9.17, 15) is 0 Å². The third-order valence-corrected chi connectivity index (χ3v) is 5.43. The summed E-state index contributed by atoms with van der Waals surface area (Å²) in [5, 5.41) is 12.4. The highest BCUT2D eigenvalue weighted by atomic mass is 35.5. The fourth-order valence-corrected chi connectivity index (χ4v) is 4.04. The molecule has 1 aliphatic heterocycles. The number of benzene rings is 3. The van der Waals surface area contributed by atoms with Gasteiger partial charge >= 0.3 is 0 Å². The molecule has 0 aromatic heterocycles. The summed E-state index contributed by atoms with van der Waals surface area (Å²) >= 11 is 6.58. The molecule has 0 radical (unpaired) electrons. The lowest BCUT2D eigenvalue weighted by molar-refractivity contribution is 0.512. The summed E-state index contributed by atoms with van der Waals surface area (Å²) in [7, 11) is 0. The number of amidine groups is 1. The Morgan fingerprint density at radius 1 is 1.00 bits per heavy atom. The molecule has 4 rings (SSSR count). The van der Waals surface area contributed by atoms with Crippen LogP contribution in [-0.4, -0.2) is 30.4 Å². The predicted octanol–water partition coefficient (Wildman–Crippen LogP) is 4.86. The number of aliphatic imine (C=N–C) groups is 1. The van der Waals surface area contributed by atoms with Gasteiger partial charge in [0.25, 0.3) is 0 Å². The second kappa shape index (κ2) is 7.82. The van der Waals surface area contributed by atoms with Crippen molar-refractivity contribution in [3.63, 3.8) is 0 Å². The third-order valence-electron chi connectivity index (χ3n) is 5.08. The van der Waals surface area contributed by atoms with E-state index < -0.39 is 0 Å². The summed E-state index contributed by atoms with van der Waals surface area (Å²) in [4.78, 5) is 6.68. The normalized spacial score (nSPS) is 13.6. The van der Waals surface area contributed by atoms with E-state index >= 15 is 0 Å². The van der Waals surface area contributed by atoms with Crippen LogP contribution < -0.4 is 0 Å². The van der Waals surface area contributed by atoms with Gasteiger partial charge in [-0.05, 0) is 40.8 Å². The first-order chi connectivity index (χ1) is 13.3. The average Bonchev–Trinajstić information content (AvgIpc) is 3.15. The number of hydrogen-bond donors (Lipinski definition) is 0. The van der Waals surface area contributed by atoms with Gasteiger partial charge in [-0.15, -0.1) is 0 Å². The second-order valence-corrected chi connectivity index (χ2v) is 7.10. The summed E-state index contributed by atoms with van der Waals surface area (Å²) in [6, 6.07) is 23.1. The zero-order valence-corrected chi connectivity index (χ0v) is 15.8. The number of rotatable bonds is 5. The number of aryl methyl sites for hydroxylation is 1. The van der Waals surface area contributed by atoms with Crippen molar-refractivity contribution in [1.82, 2.24) is 4.90 Å². The number of fused-ring (bicyclic) bond motifs is 1. The Kier molecular flexibility index (Phi) is 5.09. The van der Waals surface area contributed by atoms with Crippen LogP contribution in [0.2, 0.25) is 5.02 Å². The van der Waals surface area contributed by atoms with Gasteiger partial charge in [-0.2, -0.15) is 5.26 Å². The van der Waals surface area contributed by atoms with Gasteiger partial charge in [-0.25, -0.2) is 0 Å². The van der Waals surface area contributed by atoms with Gasteiger partial charge in [-0.1, -0.05) is 66.2 Å². The minimum atomic E-state index is 0.355. The quantitative estimate of drug-likeness (QED) is 0.599. The first-order valence-corrected chi connectivity index (χ1v) is 9.56. The lowest BCUT2D eigenvalue weighted by atomic mass is 9.95. The summed E-state index contributed by atoms with van der Waals surface area (Å²) in [6.07, 6.45) is 1.74. The standard InChI is InChI=1S/C23H20ClN3/c24-22-10-4-9-21(23-26-14-16-27(23)15-13-25)20(22)12-11-18-7-3-6-17-5-1-2-8-19(17)18/h1-10H,11-12,14-16H2. The summed E-state index contributed by atoms with van der Waals surface area (Å²) in [5.74, 6) is 0.895.